The molecule has 138 valence electrons. The molecule has 5 heteroatoms. The molecule has 0 atom stereocenters. The number of carbonyl (C=O) groups excluding carboxylic acids is 1. The Bertz CT molecular complexity index is 1030. The average Bonchev–Trinajstić information content (AvgIpc) is 2.91. The molecule has 0 aliphatic heterocycles. The van der Waals surface area contributed by atoms with Gasteiger partial charge in [0, 0.05) is 22.6 Å². The lowest BCUT2D eigenvalue weighted by atomic mass is 10.1. The second-order valence-corrected chi connectivity index (χ2v) is 7.02. The summed E-state index contributed by atoms with van der Waals surface area (Å²) in [6.07, 6.45) is 1.66. The third-order valence-electron chi connectivity index (χ3n) is 4.71. The van der Waals surface area contributed by atoms with Crippen LogP contribution < -0.4 is 5.43 Å². The van der Waals surface area contributed by atoms with Gasteiger partial charge in [-0.3, -0.25) is 4.79 Å². The highest BCUT2D eigenvalue weighted by Crippen LogP contribution is 2.22. The lowest BCUT2D eigenvalue weighted by Gasteiger charge is -2.11. The molecule has 1 N–H and O–H groups in total. The van der Waals surface area contributed by atoms with E-state index in [2.05, 4.69) is 60.1 Å². The molecule has 1 amide bonds. The van der Waals surface area contributed by atoms with Gasteiger partial charge in [-0.1, -0.05) is 29.8 Å². The fourth-order valence-corrected chi connectivity index (χ4v) is 3.27. The lowest BCUT2D eigenvalue weighted by Crippen LogP contribution is -2.18. The molecule has 4 nitrogen and oxygen atoms in total. The number of aromatic nitrogens is 1. The Morgan fingerprint density at radius 3 is 2.48 bits per heavy atom. The van der Waals surface area contributed by atoms with E-state index in [1.807, 2.05) is 6.92 Å². The summed E-state index contributed by atoms with van der Waals surface area (Å²) in [5, 5.41) is 4.50. The molecule has 0 aliphatic carbocycles. The molecule has 1 aromatic heterocycles. The summed E-state index contributed by atoms with van der Waals surface area (Å²) in [5.41, 5.74) is 9.69. The van der Waals surface area contributed by atoms with E-state index in [4.69, 9.17) is 11.6 Å². The maximum atomic E-state index is 12.2. The van der Waals surface area contributed by atoms with E-state index in [1.54, 1.807) is 30.5 Å². The second kappa shape index (κ2) is 7.80. The van der Waals surface area contributed by atoms with Crippen molar-refractivity contribution in [2.45, 2.75) is 27.7 Å². The van der Waals surface area contributed by atoms with Crippen molar-refractivity contribution in [2.75, 3.05) is 0 Å². The van der Waals surface area contributed by atoms with Crippen LogP contribution in [-0.2, 0) is 0 Å². The Labute approximate surface area is 164 Å². The molecule has 0 unspecified atom stereocenters. The van der Waals surface area contributed by atoms with Gasteiger partial charge in [0.1, 0.15) is 0 Å². The molecule has 2 aromatic carbocycles. The first kappa shape index (κ1) is 18.9. The Morgan fingerprint density at radius 1 is 1.04 bits per heavy atom. The number of aryl methyl sites for hydroxylation is 3. The van der Waals surface area contributed by atoms with Crippen molar-refractivity contribution in [3.8, 4) is 5.69 Å². The summed E-state index contributed by atoms with van der Waals surface area (Å²) in [7, 11) is 0. The van der Waals surface area contributed by atoms with Crippen LogP contribution in [0.4, 0.5) is 0 Å². The Hall–Kier alpha value is -2.85. The van der Waals surface area contributed by atoms with E-state index in [0.29, 0.717) is 10.6 Å². The Morgan fingerprint density at radius 2 is 1.78 bits per heavy atom. The van der Waals surface area contributed by atoms with Crippen molar-refractivity contribution in [3.05, 3.63) is 87.2 Å². The largest absolute Gasteiger partial charge is 0.318 e. The first-order chi connectivity index (χ1) is 12.9. The van der Waals surface area contributed by atoms with Crippen molar-refractivity contribution < 1.29 is 4.79 Å². The molecule has 0 bridgehead atoms. The molecular weight excluding hydrogens is 358 g/mol. The minimum Gasteiger partial charge on any atom is -0.318 e. The molecule has 0 fully saturated rings. The summed E-state index contributed by atoms with van der Waals surface area (Å²) >= 11 is 6.04. The van der Waals surface area contributed by atoms with Gasteiger partial charge in [-0.05, 0) is 69.2 Å². The summed E-state index contributed by atoms with van der Waals surface area (Å²) in [6, 6.07) is 15.4. The summed E-state index contributed by atoms with van der Waals surface area (Å²) < 4.78 is 2.18. The second-order valence-electron chi connectivity index (χ2n) is 6.61. The van der Waals surface area contributed by atoms with Crippen LogP contribution in [0.5, 0.6) is 0 Å². The number of benzene rings is 2. The smallest absolute Gasteiger partial charge is 0.272 e. The number of carbonyl (C=O) groups is 1. The highest BCUT2D eigenvalue weighted by atomic mass is 35.5. The van der Waals surface area contributed by atoms with Crippen molar-refractivity contribution in [1.29, 1.82) is 0 Å². The van der Waals surface area contributed by atoms with E-state index in [0.717, 1.165) is 22.6 Å². The zero-order valence-electron chi connectivity index (χ0n) is 15.9. The molecule has 1 heterocycles. The van der Waals surface area contributed by atoms with Crippen LogP contribution in [0, 0.1) is 27.7 Å². The van der Waals surface area contributed by atoms with Gasteiger partial charge in [0.2, 0.25) is 0 Å². The zero-order valence-corrected chi connectivity index (χ0v) is 16.6. The van der Waals surface area contributed by atoms with Gasteiger partial charge in [0.15, 0.2) is 0 Å². The number of hydrogen-bond donors (Lipinski definition) is 1. The van der Waals surface area contributed by atoms with E-state index in [-0.39, 0.29) is 5.91 Å². The van der Waals surface area contributed by atoms with Gasteiger partial charge in [0.05, 0.1) is 16.8 Å². The minimum absolute atomic E-state index is 0.334. The molecule has 3 rings (SSSR count). The molecule has 0 aliphatic rings. The maximum Gasteiger partial charge on any atom is 0.272 e. The Balaban J connectivity index is 1.82. The van der Waals surface area contributed by atoms with Crippen molar-refractivity contribution in [2.24, 2.45) is 5.10 Å². The number of nitrogens with zero attached hydrogens (tertiary/aromatic N) is 2. The minimum atomic E-state index is -0.334. The molecule has 27 heavy (non-hydrogen) atoms. The third kappa shape index (κ3) is 3.96. The van der Waals surface area contributed by atoms with E-state index >= 15 is 0 Å². The predicted molar refractivity (Wildman–Crippen MR) is 111 cm³/mol. The standard InChI is InChI=1S/C22H22ClN3O/c1-14-9-10-19(11-15(14)2)26-16(3)12-18(17(26)4)13-24-25-22(27)20-7-5-6-8-21(20)23/h5-13H,1-4H3,(H,25,27)/b24-13-. The normalized spacial score (nSPS) is 11.1. The van der Waals surface area contributed by atoms with E-state index in [9.17, 15) is 4.79 Å². The van der Waals surface area contributed by atoms with Gasteiger partial charge in [-0.25, -0.2) is 5.43 Å². The fraction of sp³-hybridized carbons (Fsp3) is 0.182. The van der Waals surface area contributed by atoms with E-state index < -0.39 is 0 Å². The summed E-state index contributed by atoms with van der Waals surface area (Å²) in [5.74, 6) is -0.334. The summed E-state index contributed by atoms with van der Waals surface area (Å²) in [6.45, 7) is 8.31. The maximum absolute atomic E-state index is 12.2. The molecule has 0 saturated heterocycles. The SMILES string of the molecule is Cc1ccc(-n2c(C)cc(/C=N\NC(=O)c3ccccc3Cl)c2C)cc1C. The highest BCUT2D eigenvalue weighted by Gasteiger charge is 2.11. The fourth-order valence-electron chi connectivity index (χ4n) is 3.05. The summed E-state index contributed by atoms with van der Waals surface area (Å²) in [4.78, 5) is 12.2. The van der Waals surface area contributed by atoms with Crippen LogP contribution >= 0.6 is 11.6 Å². The van der Waals surface area contributed by atoms with E-state index in [1.165, 1.54) is 11.1 Å². The van der Waals surface area contributed by atoms with Crippen LogP contribution in [0.15, 0.2) is 53.6 Å². The molecular formula is C22H22ClN3O. The Kier molecular flexibility index (Phi) is 5.47. The monoisotopic (exact) mass is 379 g/mol. The number of halogens is 1. The third-order valence-corrected chi connectivity index (χ3v) is 5.04. The van der Waals surface area contributed by atoms with Crippen molar-refractivity contribution in [1.82, 2.24) is 9.99 Å². The van der Waals surface area contributed by atoms with Gasteiger partial charge < -0.3 is 4.57 Å². The quantitative estimate of drug-likeness (QED) is 0.495. The van der Waals surface area contributed by atoms with Gasteiger partial charge in [-0.15, -0.1) is 0 Å². The van der Waals surface area contributed by atoms with Gasteiger partial charge >= 0.3 is 0 Å². The van der Waals surface area contributed by atoms with Crippen LogP contribution in [-0.4, -0.2) is 16.7 Å². The van der Waals surface area contributed by atoms with Gasteiger partial charge in [-0.2, -0.15) is 5.10 Å². The first-order valence-electron chi connectivity index (χ1n) is 8.73. The molecule has 0 radical (unpaired) electrons. The number of rotatable bonds is 4. The van der Waals surface area contributed by atoms with Crippen LogP contribution in [0.1, 0.15) is 38.4 Å². The highest BCUT2D eigenvalue weighted by molar-refractivity contribution is 6.33. The molecule has 0 saturated carbocycles. The van der Waals surface area contributed by atoms with Crippen molar-refractivity contribution in [3.63, 3.8) is 0 Å². The van der Waals surface area contributed by atoms with Crippen LogP contribution in [0.25, 0.3) is 5.69 Å². The topological polar surface area (TPSA) is 46.4 Å². The number of amides is 1. The molecule has 0 spiro atoms. The number of nitrogens with one attached hydrogen (secondary N) is 1. The number of hydrazone groups is 1. The average molecular weight is 380 g/mol. The zero-order chi connectivity index (χ0) is 19.6. The van der Waals surface area contributed by atoms with Crippen LogP contribution in [0.2, 0.25) is 5.02 Å². The lowest BCUT2D eigenvalue weighted by molar-refractivity contribution is 0.0955. The number of hydrogen-bond acceptors (Lipinski definition) is 2. The molecule has 3 aromatic rings. The first-order valence-corrected chi connectivity index (χ1v) is 9.11. The van der Waals surface area contributed by atoms with Crippen LogP contribution in [0.3, 0.4) is 0 Å². The van der Waals surface area contributed by atoms with Crippen molar-refractivity contribution >= 4 is 23.7 Å². The van der Waals surface area contributed by atoms with Gasteiger partial charge in [0.25, 0.3) is 5.91 Å². The predicted octanol–water partition coefficient (Wildman–Crippen LogP) is 5.13.